The highest BCUT2D eigenvalue weighted by Gasteiger charge is 2.54. The molecule has 180 valence electrons. The van der Waals surface area contributed by atoms with Crippen molar-refractivity contribution in [1.82, 2.24) is 14.9 Å². The van der Waals surface area contributed by atoms with Crippen LogP contribution < -0.4 is 10.1 Å². The van der Waals surface area contributed by atoms with Gasteiger partial charge in [-0.1, -0.05) is 30.3 Å². The van der Waals surface area contributed by atoms with Crippen molar-refractivity contribution in [2.24, 2.45) is 0 Å². The van der Waals surface area contributed by atoms with Crippen molar-refractivity contribution < 1.29 is 34.5 Å². The van der Waals surface area contributed by atoms with Crippen molar-refractivity contribution in [3.05, 3.63) is 63.0 Å². The minimum Gasteiger partial charge on any atom is -0.477 e. The molecule has 11 nitrogen and oxygen atoms in total. The molecule has 0 radical (unpaired) electrons. The summed E-state index contributed by atoms with van der Waals surface area (Å²) in [4.78, 5) is 38.0. The second-order valence-corrected chi connectivity index (χ2v) is 9.64. The number of aliphatic carboxylic acids is 1. The molecule has 2 aliphatic rings. The van der Waals surface area contributed by atoms with Crippen molar-refractivity contribution in [3.8, 4) is 0 Å². The fraction of sp³-hybridized carbons (Fsp3) is 0.333. The van der Waals surface area contributed by atoms with Crippen LogP contribution in [0.25, 0.3) is 0 Å². The van der Waals surface area contributed by atoms with E-state index in [2.05, 4.69) is 5.32 Å². The molecule has 0 bridgehead atoms. The van der Waals surface area contributed by atoms with Gasteiger partial charge in [0.15, 0.2) is 0 Å². The smallest absolute Gasteiger partial charge is 0.352 e. The Kier molecular flexibility index (Phi) is 7.07. The third-order valence-electron chi connectivity index (χ3n) is 5.42. The number of aromatic nitrogens is 1. The predicted octanol–water partition coefficient (Wildman–Crippen LogP) is 0.298. The summed E-state index contributed by atoms with van der Waals surface area (Å²) in [7, 11) is 0. The Balaban J connectivity index is 1.38. The number of ether oxygens (including phenoxy) is 1. The molecule has 4 rings (SSSR count). The summed E-state index contributed by atoms with van der Waals surface area (Å²) >= 11 is 2.27. The van der Waals surface area contributed by atoms with Crippen molar-refractivity contribution in [2.75, 3.05) is 19.0 Å². The van der Waals surface area contributed by atoms with Crippen LogP contribution in [0.2, 0.25) is 0 Å². The number of carbonyl (C=O) groups excluding carboxylic acids is 2. The molecule has 0 aliphatic carbocycles. The van der Waals surface area contributed by atoms with Gasteiger partial charge in [0.25, 0.3) is 5.91 Å². The van der Waals surface area contributed by atoms with Crippen LogP contribution in [0.3, 0.4) is 0 Å². The molecular formula is C21H22N4O7S2. The summed E-state index contributed by atoms with van der Waals surface area (Å²) in [5.41, 5.74) is 1.14. The van der Waals surface area contributed by atoms with Gasteiger partial charge < -0.3 is 25.5 Å². The number of aliphatic hydroxyl groups excluding tert-OH is 1. The van der Waals surface area contributed by atoms with E-state index in [0.29, 0.717) is 15.9 Å². The Morgan fingerprint density at radius 1 is 1.29 bits per heavy atom. The maximum atomic E-state index is 12.7. The van der Waals surface area contributed by atoms with Gasteiger partial charge in [-0.05, 0) is 11.1 Å². The number of carboxylic acids is 1. The number of hydrogen-bond acceptors (Lipinski definition) is 9. The fourth-order valence-electron chi connectivity index (χ4n) is 3.72. The fourth-order valence-corrected chi connectivity index (χ4v) is 5.69. The molecule has 2 amide bonds. The Labute approximate surface area is 201 Å². The van der Waals surface area contributed by atoms with E-state index in [1.807, 2.05) is 6.07 Å². The van der Waals surface area contributed by atoms with Gasteiger partial charge in [-0.25, -0.2) is 4.79 Å². The maximum Gasteiger partial charge on any atom is 0.352 e. The lowest BCUT2D eigenvalue weighted by Gasteiger charge is -2.49. The Morgan fingerprint density at radius 3 is 2.68 bits per heavy atom. The first kappa shape index (κ1) is 24.0. The number of amides is 2. The molecule has 1 fully saturated rings. The number of carboxylic acid groups (broad SMARTS) is 1. The van der Waals surface area contributed by atoms with E-state index in [1.54, 1.807) is 24.3 Å². The zero-order valence-corrected chi connectivity index (χ0v) is 19.3. The van der Waals surface area contributed by atoms with E-state index >= 15 is 0 Å². The largest absolute Gasteiger partial charge is 0.477 e. The molecule has 1 aromatic heterocycles. The lowest BCUT2D eigenvalue weighted by atomic mass is 10.0. The van der Waals surface area contributed by atoms with E-state index in [9.17, 15) is 29.8 Å². The van der Waals surface area contributed by atoms with Crippen molar-refractivity contribution in [1.29, 1.82) is 5.41 Å². The van der Waals surface area contributed by atoms with Gasteiger partial charge in [0.2, 0.25) is 10.7 Å². The summed E-state index contributed by atoms with van der Waals surface area (Å²) in [5, 5.41) is 40.6. The standard InChI is InChI=1S/C21H22N4O7S2/c22-21-25(31)13(10-34-21)6-15(27)23-16-18(28)24-17(20(29)30)12(9-33-19(16)24)7-32-8-14(26)11-4-2-1-3-5-11/h1-5,10,14,16,19,22,26,31H,6-9H2,(H,23,27)(H,29,30)/t14?,16?,19-/m0/s1. The topological polar surface area (TPSA) is 165 Å². The summed E-state index contributed by atoms with van der Waals surface area (Å²) in [6.45, 7) is -0.0925. The molecule has 3 heterocycles. The Hall–Kier alpha value is -3.13. The second kappa shape index (κ2) is 10.0. The van der Waals surface area contributed by atoms with Crippen LogP contribution >= 0.6 is 23.1 Å². The molecule has 0 saturated carbocycles. The zero-order valence-electron chi connectivity index (χ0n) is 17.7. The first-order valence-corrected chi connectivity index (χ1v) is 12.1. The number of thioether (sulfide) groups is 1. The van der Waals surface area contributed by atoms with Gasteiger partial charge in [-0.2, -0.15) is 4.73 Å². The van der Waals surface area contributed by atoms with Crippen molar-refractivity contribution in [2.45, 2.75) is 23.9 Å². The molecule has 34 heavy (non-hydrogen) atoms. The Morgan fingerprint density at radius 2 is 2.03 bits per heavy atom. The number of hydrogen-bond donors (Lipinski definition) is 5. The monoisotopic (exact) mass is 506 g/mol. The van der Waals surface area contributed by atoms with Gasteiger partial charge in [0.05, 0.1) is 25.3 Å². The first-order chi connectivity index (χ1) is 16.3. The normalized spacial score (nSPS) is 20.5. The number of benzene rings is 1. The third-order valence-corrected chi connectivity index (χ3v) is 7.54. The average Bonchev–Trinajstić information content (AvgIpc) is 3.14. The van der Waals surface area contributed by atoms with Crippen LogP contribution in [0, 0.1) is 5.41 Å². The SMILES string of the molecule is N=c1scc(CC(=O)NC2C(=O)N3C(C(=O)O)=C(COCC(O)c4ccccc4)CS[C@@H]23)n1O. The predicted molar refractivity (Wildman–Crippen MR) is 121 cm³/mol. The third kappa shape index (κ3) is 4.73. The van der Waals surface area contributed by atoms with E-state index in [-0.39, 0.29) is 41.6 Å². The molecule has 0 spiro atoms. The van der Waals surface area contributed by atoms with Gasteiger partial charge in [0.1, 0.15) is 23.2 Å². The van der Waals surface area contributed by atoms with Crippen LogP contribution in [0.5, 0.6) is 0 Å². The van der Waals surface area contributed by atoms with Gasteiger partial charge in [-0.15, -0.1) is 23.1 Å². The molecule has 2 aromatic rings. The number of β-lactam (4-membered cyclic amide) rings is 1. The molecule has 5 N–H and O–H groups in total. The molecule has 3 atom stereocenters. The van der Waals surface area contributed by atoms with E-state index in [1.165, 1.54) is 17.1 Å². The van der Waals surface area contributed by atoms with Gasteiger partial charge in [0, 0.05) is 11.1 Å². The van der Waals surface area contributed by atoms with E-state index < -0.39 is 35.3 Å². The number of thiazole rings is 1. The lowest BCUT2D eigenvalue weighted by Crippen LogP contribution is -2.70. The van der Waals surface area contributed by atoms with Gasteiger partial charge >= 0.3 is 5.97 Å². The number of nitrogens with one attached hydrogen (secondary N) is 2. The minimum atomic E-state index is -1.27. The lowest BCUT2D eigenvalue weighted by molar-refractivity contribution is -0.150. The van der Waals surface area contributed by atoms with Crippen LogP contribution in [0.15, 0.2) is 47.0 Å². The highest BCUT2D eigenvalue weighted by molar-refractivity contribution is 8.00. The highest BCUT2D eigenvalue weighted by atomic mass is 32.2. The van der Waals surface area contributed by atoms with Crippen LogP contribution in [-0.2, 0) is 25.5 Å². The number of fused-ring (bicyclic) bond motifs is 1. The highest BCUT2D eigenvalue weighted by Crippen LogP contribution is 2.40. The molecule has 2 unspecified atom stereocenters. The van der Waals surface area contributed by atoms with Crippen LogP contribution in [0.1, 0.15) is 17.4 Å². The summed E-state index contributed by atoms with van der Waals surface area (Å²) in [5.74, 6) is -2.06. The summed E-state index contributed by atoms with van der Waals surface area (Å²) in [6.07, 6.45) is -1.09. The van der Waals surface area contributed by atoms with Crippen LogP contribution in [0.4, 0.5) is 0 Å². The molecule has 1 aromatic carbocycles. The summed E-state index contributed by atoms with van der Waals surface area (Å²) in [6, 6.07) is 8.04. The quantitative estimate of drug-likeness (QED) is 0.239. The number of nitrogens with zero attached hydrogens (tertiary/aromatic N) is 2. The summed E-state index contributed by atoms with van der Waals surface area (Å²) < 4.78 is 6.15. The Bertz CT molecular complexity index is 1190. The molecule has 13 heteroatoms. The second-order valence-electron chi connectivity index (χ2n) is 7.67. The molecular weight excluding hydrogens is 484 g/mol. The first-order valence-electron chi connectivity index (χ1n) is 10.2. The number of rotatable bonds is 9. The zero-order chi connectivity index (χ0) is 24.4. The van der Waals surface area contributed by atoms with Crippen LogP contribution in [-0.4, -0.2) is 73.2 Å². The van der Waals surface area contributed by atoms with Crippen molar-refractivity contribution >= 4 is 40.9 Å². The van der Waals surface area contributed by atoms with Gasteiger partial charge in [-0.3, -0.25) is 19.9 Å². The molecule has 2 aliphatic heterocycles. The molecule has 1 saturated heterocycles. The van der Waals surface area contributed by atoms with E-state index in [4.69, 9.17) is 10.1 Å². The van der Waals surface area contributed by atoms with E-state index in [0.717, 1.165) is 16.2 Å². The number of carbonyl (C=O) groups is 3. The minimum absolute atomic E-state index is 0.0331. The number of aliphatic hydroxyl groups is 1. The van der Waals surface area contributed by atoms with Crippen molar-refractivity contribution in [3.63, 3.8) is 0 Å². The average molecular weight is 507 g/mol. The maximum absolute atomic E-state index is 12.7.